The van der Waals surface area contributed by atoms with E-state index in [2.05, 4.69) is 0 Å². The van der Waals surface area contributed by atoms with Crippen molar-refractivity contribution >= 4 is 24.4 Å². The molecule has 0 fully saturated rings. The first kappa shape index (κ1) is 44.3. The van der Waals surface area contributed by atoms with Crippen LogP contribution in [-0.4, -0.2) is 24.4 Å². The summed E-state index contributed by atoms with van der Waals surface area (Å²) in [6, 6.07) is 0. The molecule has 3 radical (unpaired) electrons. The predicted octanol–water partition coefficient (Wildman–Crippen LogP) is -1.19. The first-order chi connectivity index (χ1) is 0. The third kappa shape index (κ3) is 19.6. The van der Waals surface area contributed by atoms with Gasteiger partial charge in [-0.15, -0.1) is 0 Å². The van der Waals surface area contributed by atoms with E-state index in [0.717, 1.165) is 0 Å². The van der Waals surface area contributed by atoms with Crippen molar-refractivity contribution in [3.8, 4) is 0 Å². The fraction of sp³-hybridized carbons (Fsp3) is 0. The SMILES string of the molecule is [Cu].[Mn].[Ni].[SbH3].[V]. The zero-order valence-corrected chi connectivity index (χ0v) is 10.7. The fourth-order valence-corrected chi connectivity index (χ4v) is 0. The van der Waals surface area contributed by atoms with E-state index in [-0.39, 0.29) is 93.6 Å². The van der Waals surface area contributed by atoms with Crippen molar-refractivity contribution in [2.24, 2.45) is 0 Å². The maximum absolute atomic E-state index is 0. The van der Waals surface area contributed by atoms with Gasteiger partial charge in [0.15, 0.2) is 0 Å². The summed E-state index contributed by atoms with van der Waals surface area (Å²) in [4.78, 5) is 0. The van der Waals surface area contributed by atoms with Crippen LogP contribution in [0.1, 0.15) is 0 Å². The molecule has 0 bridgehead atoms. The Morgan fingerprint density at radius 2 is 1.00 bits per heavy atom. The van der Waals surface area contributed by atoms with Gasteiger partial charge in [-0.25, -0.2) is 0 Å². The Morgan fingerprint density at radius 1 is 1.00 bits per heavy atom. The molecule has 0 aliphatic heterocycles. The summed E-state index contributed by atoms with van der Waals surface area (Å²) < 4.78 is 0. The molecule has 0 unspecified atom stereocenters. The second-order valence-electron chi connectivity index (χ2n) is 0. The standard InChI is InChI=1S/Cu.Mn.Ni.Sb.V.3H. The summed E-state index contributed by atoms with van der Waals surface area (Å²) in [5, 5.41) is 0. The van der Waals surface area contributed by atoms with Crippen molar-refractivity contribution in [3.05, 3.63) is 0 Å². The van der Waals surface area contributed by atoms with Crippen molar-refractivity contribution in [2.75, 3.05) is 0 Å². The van der Waals surface area contributed by atoms with Crippen molar-refractivity contribution in [1.82, 2.24) is 0 Å². The smallest absolute Gasteiger partial charge is 0 e. The quantitative estimate of drug-likeness (QED) is 0.481. The summed E-state index contributed by atoms with van der Waals surface area (Å²) in [5.41, 5.74) is 0. The summed E-state index contributed by atoms with van der Waals surface area (Å²) in [6.07, 6.45) is 0. The summed E-state index contributed by atoms with van der Waals surface area (Å²) in [5.74, 6) is 0. The van der Waals surface area contributed by atoms with Gasteiger partial charge in [-0.05, 0) is 0 Å². The molecule has 0 rings (SSSR count). The summed E-state index contributed by atoms with van der Waals surface area (Å²) in [6.45, 7) is 0. The van der Waals surface area contributed by atoms with E-state index in [9.17, 15) is 0 Å². The molecule has 5 heteroatoms. The summed E-state index contributed by atoms with van der Waals surface area (Å²) >= 11 is 0. The van der Waals surface area contributed by atoms with Gasteiger partial charge >= 0.3 is 24.4 Å². The second kappa shape index (κ2) is 28.4. The first-order valence-corrected chi connectivity index (χ1v) is 0. The zero-order valence-electron chi connectivity index (χ0n) is 2.15. The number of hydrogen-bond acceptors (Lipinski definition) is 0. The Balaban J connectivity index is 0. The van der Waals surface area contributed by atoms with Gasteiger partial charge in [0.2, 0.25) is 0 Å². The Kier molecular flexibility index (Phi) is 251. The van der Waals surface area contributed by atoms with Crippen LogP contribution < -0.4 is 0 Å². The average Bonchev–Trinajstić information content (AvgIpc) is 0. The minimum Gasteiger partial charge on any atom is 0 e. The fourth-order valence-electron chi connectivity index (χ4n) is 0. The normalized spacial score (nSPS) is 0. The van der Waals surface area contributed by atoms with Crippen LogP contribution in [0.2, 0.25) is 0 Å². The zero-order chi connectivity index (χ0) is 0. The van der Waals surface area contributed by atoms with Gasteiger partial charge in [0, 0.05) is 69.2 Å². The molecule has 0 atom stereocenters. The summed E-state index contributed by atoms with van der Waals surface area (Å²) in [7, 11) is 0. The molecule has 0 nitrogen and oxygen atoms in total. The molecular formula is H3CuMnNiSbV. The molecule has 0 N–H and O–H groups in total. The van der Waals surface area contributed by atoms with E-state index in [1.807, 2.05) is 0 Å². The van der Waals surface area contributed by atoms with Gasteiger partial charge in [0.05, 0.1) is 0 Å². The van der Waals surface area contributed by atoms with Gasteiger partial charge < -0.3 is 0 Å². The van der Waals surface area contributed by atoms with Crippen molar-refractivity contribution in [1.29, 1.82) is 0 Å². The monoisotopic (exact) mass is 351 g/mol. The Bertz CT molecular complexity index is 11.6. The number of rotatable bonds is 0. The van der Waals surface area contributed by atoms with Crippen LogP contribution in [0, 0.1) is 0 Å². The Morgan fingerprint density at radius 3 is 1.00 bits per heavy atom. The van der Waals surface area contributed by atoms with E-state index in [1.165, 1.54) is 0 Å². The molecule has 0 aromatic heterocycles. The van der Waals surface area contributed by atoms with Gasteiger partial charge in [0.1, 0.15) is 0 Å². The molecule has 5 heavy (non-hydrogen) atoms. The van der Waals surface area contributed by atoms with Crippen LogP contribution in [0.5, 0.6) is 0 Å². The second-order valence-corrected chi connectivity index (χ2v) is 0. The topological polar surface area (TPSA) is 0 Å². The van der Waals surface area contributed by atoms with Gasteiger partial charge in [-0.1, -0.05) is 0 Å². The molecule has 0 aliphatic rings. The van der Waals surface area contributed by atoms with Crippen LogP contribution in [-0.2, 0) is 69.2 Å². The van der Waals surface area contributed by atoms with E-state index >= 15 is 0 Å². The van der Waals surface area contributed by atoms with E-state index in [0.29, 0.717) is 0 Å². The molecule has 0 spiro atoms. The van der Waals surface area contributed by atoms with Gasteiger partial charge in [-0.2, -0.15) is 0 Å². The molecule has 0 amide bonds. The largest absolute Gasteiger partial charge is 0 e. The molecule has 0 saturated carbocycles. The third-order valence-corrected chi connectivity index (χ3v) is 0. The van der Waals surface area contributed by atoms with Gasteiger partial charge in [-0.3, -0.25) is 0 Å². The Hall–Kier alpha value is 2.94. The molecule has 41 valence electrons. The van der Waals surface area contributed by atoms with Crippen molar-refractivity contribution in [2.45, 2.75) is 0 Å². The van der Waals surface area contributed by atoms with Crippen LogP contribution in [0.15, 0.2) is 0 Å². The van der Waals surface area contributed by atoms with Crippen LogP contribution in [0.3, 0.4) is 0 Å². The third-order valence-electron chi connectivity index (χ3n) is 0. The predicted molar refractivity (Wildman–Crippen MR) is 9.94 cm³/mol. The molecule has 0 saturated heterocycles. The van der Waals surface area contributed by atoms with E-state index in [1.54, 1.807) is 0 Å². The maximum atomic E-state index is 0. The van der Waals surface area contributed by atoms with Crippen LogP contribution in [0.25, 0.3) is 0 Å². The Labute approximate surface area is 92.2 Å². The van der Waals surface area contributed by atoms with Crippen molar-refractivity contribution < 1.29 is 69.2 Å². The van der Waals surface area contributed by atoms with Gasteiger partial charge in [0.25, 0.3) is 0 Å². The minimum absolute atomic E-state index is 0. The minimum atomic E-state index is 0. The van der Waals surface area contributed by atoms with Crippen molar-refractivity contribution in [3.63, 3.8) is 0 Å². The molecule has 0 heterocycles. The molecule has 0 aliphatic carbocycles. The van der Waals surface area contributed by atoms with Crippen LogP contribution >= 0.6 is 0 Å². The first-order valence-electron chi connectivity index (χ1n) is 0. The van der Waals surface area contributed by atoms with E-state index < -0.39 is 0 Å². The maximum Gasteiger partial charge on any atom is 0 e. The molecule has 0 aromatic carbocycles. The van der Waals surface area contributed by atoms with E-state index in [4.69, 9.17) is 0 Å². The molecule has 0 aromatic rings. The molecular weight excluding hydrogens is 350 g/mol. The van der Waals surface area contributed by atoms with Crippen LogP contribution in [0.4, 0.5) is 0 Å². The average molecular weight is 353 g/mol. The number of hydrogen-bond donors (Lipinski definition) is 0.